The number of esters is 1. The lowest BCUT2D eigenvalue weighted by Gasteiger charge is -2.08. The normalized spacial score (nSPS) is 9.90. The molecule has 0 amide bonds. The molecule has 0 radical (unpaired) electrons. The highest BCUT2D eigenvalue weighted by Gasteiger charge is 2.12. The molecular formula is C16H14O5. The summed E-state index contributed by atoms with van der Waals surface area (Å²) in [5.74, 6) is -1.14. The van der Waals surface area contributed by atoms with Gasteiger partial charge in [0.1, 0.15) is 5.75 Å². The lowest BCUT2D eigenvalue weighted by molar-refractivity contribution is -0.136. The summed E-state index contributed by atoms with van der Waals surface area (Å²) in [5.41, 5.74) is 0.939. The van der Waals surface area contributed by atoms with Crippen molar-refractivity contribution in [3.05, 3.63) is 54.6 Å². The molecule has 0 aliphatic rings. The molecule has 0 unspecified atom stereocenters. The minimum Gasteiger partial charge on any atom is -0.504 e. The third-order valence-corrected chi connectivity index (χ3v) is 2.67. The Kier molecular flexibility index (Phi) is 4.46. The molecule has 2 rings (SSSR count). The zero-order valence-electron chi connectivity index (χ0n) is 11.2. The van der Waals surface area contributed by atoms with Crippen LogP contribution in [0.1, 0.15) is 5.56 Å². The molecular weight excluding hydrogens is 272 g/mol. The summed E-state index contributed by atoms with van der Waals surface area (Å²) in [7, 11) is 0. The number of ether oxygens (including phenoxy) is 2. The van der Waals surface area contributed by atoms with Crippen molar-refractivity contribution >= 4 is 12.0 Å². The van der Waals surface area contributed by atoms with E-state index in [2.05, 4.69) is 6.58 Å². The third-order valence-electron chi connectivity index (χ3n) is 2.67. The molecule has 5 heteroatoms. The Balaban J connectivity index is 1.92. The molecule has 0 heterocycles. The fourth-order valence-electron chi connectivity index (χ4n) is 1.59. The second-order valence-electron chi connectivity index (χ2n) is 4.16. The summed E-state index contributed by atoms with van der Waals surface area (Å²) >= 11 is 0. The van der Waals surface area contributed by atoms with Gasteiger partial charge in [-0.25, -0.2) is 4.79 Å². The number of benzene rings is 2. The standard InChI is InChI=1S/C16H14O5/c1-2-11-6-8-12(9-7-11)20-10-15(18)21-14-5-3-4-13(17)16(14)19/h2-9,17,19H,1,10H2. The van der Waals surface area contributed by atoms with Gasteiger partial charge in [-0.2, -0.15) is 0 Å². The zero-order chi connectivity index (χ0) is 15.2. The van der Waals surface area contributed by atoms with Crippen molar-refractivity contribution in [1.29, 1.82) is 0 Å². The molecule has 2 aromatic carbocycles. The van der Waals surface area contributed by atoms with Crippen LogP contribution < -0.4 is 9.47 Å². The first-order valence-corrected chi connectivity index (χ1v) is 6.17. The minimum atomic E-state index is -0.691. The van der Waals surface area contributed by atoms with E-state index < -0.39 is 11.7 Å². The van der Waals surface area contributed by atoms with E-state index in [1.165, 1.54) is 18.2 Å². The summed E-state index contributed by atoms with van der Waals surface area (Å²) in [6.45, 7) is 3.32. The maximum absolute atomic E-state index is 11.6. The van der Waals surface area contributed by atoms with Crippen molar-refractivity contribution in [2.75, 3.05) is 6.61 Å². The van der Waals surface area contributed by atoms with Crippen LogP contribution in [0.3, 0.4) is 0 Å². The Morgan fingerprint density at radius 2 is 1.86 bits per heavy atom. The highest BCUT2D eigenvalue weighted by atomic mass is 16.6. The number of carbonyl (C=O) groups is 1. The second-order valence-corrected chi connectivity index (χ2v) is 4.16. The first kappa shape index (κ1) is 14.5. The third kappa shape index (κ3) is 3.76. The van der Waals surface area contributed by atoms with Crippen LogP contribution >= 0.6 is 0 Å². The second kappa shape index (κ2) is 6.47. The summed E-state index contributed by atoms with van der Waals surface area (Å²) in [5, 5.41) is 18.8. The number of aromatic hydroxyl groups is 2. The summed E-state index contributed by atoms with van der Waals surface area (Å²) < 4.78 is 10.2. The Morgan fingerprint density at radius 3 is 2.52 bits per heavy atom. The van der Waals surface area contributed by atoms with E-state index in [0.29, 0.717) is 5.75 Å². The van der Waals surface area contributed by atoms with Crippen LogP contribution in [-0.4, -0.2) is 22.8 Å². The molecule has 2 aromatic rings. The van der Waals surface area contributed by atoms with Gasteiger partial charge in [0.05, 0.1) is 0 Å². The van der Waals surface area contributed by atoms with Crippen LogP contribution in [0, 0.1) is 0 Å². The van der Waals surface area contributed by atoms with E-state index in [1.54, 1.807) is 30.3 Å². The van der Waals surface area contributed by atoms with Gasteiger partial charge >= 0.3 is 5.97 Å². The fourth-order valence-corrected chi connectivity index (χ4v) is 1.59. The summed E-state index contributed by atoms with van der Waals surface area (Å²) in [4.78, 5) is 11.6. The van der Waals surface area contributed by atoms with Gasteiger partial charge in [-0.1, -0.05) is 30.9 Å². The molecule has 5 nitrogen and oxygen atoms in total. The molecule has 0 spiro atoms. The smallest absolute Gasteiger partial charge is 0.349 e. The van der Waals surface area contributed by atoms with Crippen molar-refractivity contribution < 1.29 is 24.5 Å². The highest BCUT2D eigenvalue weighted by Crippen LogP contribution is 2.34. The lowest BCUT2D eigenvalue weighted by Crippen LogP contribution is -2.17. The molecule has 21 heavy (non-hydrogen) atoms. The number of hydrogen-bond acceptors (Lipinski definition) is 5. The predicted molar refractivity (Wildman–Crippen MR) is 77.4 cm³/mol. The van der Waals surface area contributed by atoms with E-state index in [9.17, 15) is 15.0 Å². The van der Waals surface area contributed by atoms with Gasteiger partial charge < -0.3 is 19.7 Å². The number of carbonyl (C=O) groups excluding carboxylic acids is 1. The largest absolute Gasteiger partial charge is 0.504 e. The van der Waals surface area contributed by atoms with Crippen LogP contribution in [0.5, 0.6) is 23.0 Å². The van der Waals surface area contributed by atoms with Crippen molar-refractivity contribution in [3.63, 3.8) is 0 Å². The van der Waals surface area contributed by atoms with Gasteiger partial charge in [0.25, 0.3) is 0 Å². The van der Waals surface area contributed by atoms with Gasteiger partial charge in [-0.15, -0.1) is 0 Å². The van der Waals surface area contributed by atoms with Crippen molar-refractivity contribution in [3.8, 4) is 23.0 Å². The molecule has 0 aliphatic carbocycles. The number of phenols is 2. The van der Waals surface area contributed by atoms with Gasteiger partial charge in [0, 0.05) is 0 Å². The van der Waals surface area contributed by atoms with E-state index in [4.69, 9.17) is 9.47 Å². The van der Waals surface area contributed by atoms with Crippen LogP contribution in [0.4, 0.5) is 0 Å². The highest BCUT2D eigenvalue weighted by molar-refractivity contribution is 5.75. The van der Waals surface area contributed by atoms with Crippen molar-refractivity contribution in [2.24, 2.45) is 0 Å². The van der Waals surface area contributed by atoms with E-state index in [0.717, 1.165) is 5.56 Å². The van der Waals surface area contributed by atoms with Gasteiger partial charge in [0.2, 0.25) is 5.75 Å². The predicted octanol–water partition coefficient (Wildman–Crippen LogP) is 2.73. The average Bonchev–Trinajstić information content (AvgIpc) is 2.50. The summed E-state index contributed by atoms with van der Waals surface area (Å²) in [6, 6.07) is 11.1. The topological polar surface area (TPSA) is 76.0 Å². The summed E-state index contributed by atoms with van der Waals surface area (Å²) in [6.07, 6.45) is 1.70. The van der Waals surface area contributed by atoms with Crippen molar-refractivity contribution in [1.82, 2.24) is 0 Å². The minimum absolute atomic E-state index is 0.120. The van der Waals surface area contributed by atoms with Crippen molar-refractivity contribution in [2.45, 2.75) is 0 Å². The maximum Gasteiger partial charge on any atom is 0.349 e. The Bertz CT molecular complexity index is 646. The maximum atomic E-state index is 11.6. The van der Waals surface area contributed by atoms with Gasteiger partial charge in [-0.05, 0) is 29.8 Å². The van der Waals surface area contributed by atoms with Crippen LogP contribution in [0.15, 0.2) is 49.0 Å². The molecule has 0 bridgehead atoms. The number of rotatable bonds is 5. The first-order chi connectivity index (χ1) is 10.1. The van der Waals surface area contributed by atoms with Crippen LogP contribution in [0.2, 0.25) is 0 Å². The molecule has 2 N–H and O–H groups in total. The SMILES string of the molecule is C=Cc1ccc(OCC(=O)Oc2cccc(O)c2O)cc1. The number of para-hydroxylation sites is 1. The Morgan fingerprint density at radius 1 is 1.14 bits per heavy atom. The molecule has 0 saturated carbocycles. The van der Waals surface area contributed by atoms with Crippen LogP contribution in [-0.2, 0) is 4.79 Å². The number of hydrogen-bond donors (Lipinski definition) is 2. The molecule has 0 fully saturated rings. The first-order valence-electron chi connectivity index (χ1n) is 6.17. The molecule has 0 aliphatic heterocycles. The molecule has 0 saturated heterocycles. The molecule has 0 atom stereocenters. The molecule has 108 valence electrons. The molecule has 0 aromatic heterocycles. The van der Waals surface area contributed by atoms with E-state index in [1.807, 2.05) is 0 Å². The number of phenolic OH excluding ortho intramolecular Hbond substituents is 2. The monoisotopic (exact) mass is 286 g/mol. The Labute approximate surface area is 121 Å². The van der Waals surface area contributed by atoms with Gasteiger partial charge in [-0.3, -0.25) is 0 Å². The Hall–Kier alpha value is -2.95. The quantitative estimate of drug-likeness (QED) is 0.502. The van der Waals surface area contributed by atoms with E-state index in [-0.39, 0.29) is 18.1 Å². The van der Waals surface area contributed by atoms with Gasteiger partial charge in [0.15, 0.2) is 18.1 Å². The van der Waals surface area contributed by atoms with Crippen LogP contribution in [0.25, 0.3) is 6.08 Å². The fraction of sp³-hybridized carbons (Fsp3) is 0.0625. The zero-order valence-corrected chi connectivity index (χ0v) is 11.2. The van der Waals surface area contributed by atoms with E-state index >= 15 is 0 Å². The lowest BCUT2D eigenvalue weighted by atomic mass is 10.2. The average molecular weight is 286 g/mol.